The fourth-order valence-corrected chi connectivity index (χ4v) is 2.74. The summed E-state index contributed by atoms with van der Waals surface area (Å²) < 4.78 is 4.83. The van der Waals surface area contributed by atoms with Crippen molar-refractivity contribution in [3.63, 3.8) is 0 Å². The second-order valence-corrected chi connectivity index (χ2v) is 5.16. The van der Waals surface area contributed by atoms with Crippen molar-refractivity contribution in [2.24, 2.45) is 0 Å². The van der Waals surface area contributed by atoms with E-state index in [0.717, 1.165) is 21.8 Å². The van der Waals surface area contributed by atoms with Crippen molar-refractivity contribution < 1.29 is 9.53 Å². The van der Waals surface area contributed by atoms with Crippen molar-refractivity contribution in [3.05, 3.63) is 60.4 Å². The summed E-state index contributed by atoms with van der Waals surface area (Å²) in [5.74, 6) is -0.464. The predicted octanol–water partition coefficient (Wildman–Crippen LogP) is 3.56. The highest BCUT2D eigenvalue weighted by Gasteiger charge is 2.17. The Morgan fingerprint density at radius 3 is 2.70 bits per heavy atom. The van der Waals surface area contributed by atoms with Gasteiger partial charge in [-0.15, -0.1) is 0 Å². The summed E-state index contributed by atoms with van der Waals surface area (Å²) >= 11 is 0. The molecule has 4 aromatic rings. The SMILES string of the molecule is COC(=O)c1cc2c([nH]c3ccccc32)c(-c2ccccn2)n1. The van der Waals surface area contributed by atoms with Crippen LogP contribution in [0.4, 0.5) is 0 Å². The van der Waals surface area contributed by atoms with E-state index in [4.69, 9.17) is 4.74 Å². The number of esters is 1. The van der Waals surface area contributed by atoms with Crippen LogP contribution >= 0.6 is 0 Å². The highest BCUT2D eigenvalue weighted by atomic mass is 16.5. The van der Waals surface area contributed by atoms with Crippen LogP contribution in [0.1, 0.15) is 10.5 Å². The Kier molecular flexibility index (Phi) is 3.05. The number of pyridine rings is 2. The standard InChI is InChI=1S/C18H13N3O2/c1-23-18(22)15-10-12-11-6-2-3-7-13(11)20-16(12)17(21-15)14-8-4-5-9-19-14/h2-10,20H,1H3. The lowest BCUT2D eigenvalue weighted by atomic mass is 10.1. The first-order valence-electron chi connectivity index (χ1n) is 7.19. The van der Waals surface area contributed by atoms with Crippen LogP contribution in [0.2, 0.25) is 0 Å². The van der Waals surface area contributed by atoms with Gasteiger partial charge in [0.2, 0.25) is 0 Å². The fraction of sp³-hybridized carbons (Fsp3) is 0.0556. The Labute approximate surface area is 132 Å². The molecule has 3 heterocycles. The highest BCUT2D eigenvalue weighted by molar-refractivity contribution is 6.12. The Hall–Kier alpha value is -3.21. The van der Waals surface area contributed by atoms with Gasteiger partial charge < -0.3 is 9.72 Å². The van der Waals surface area contributed by atoms with Crippen LogP contribution in [0.25, 0.3) is 33.2 Å². The molecule has 4 rings (SSSR count). The number of aromatic amines is 1. The summed E-state index contributed by atoms with van der Waals surface area (Å²) in [6.45, 7) is 0. The number of carbonyl (C=O) groups excluding carboxylic acids is 1. The number of nitrogens with one attached hydrogen (secondary N) is 1. The fourth-order valence-electron chi connectivity index (χ4n) is 2.74. The molecule has 5 heteroatoms. The van der Waals surface area contributed by atoms with E-state index in [0.29, 0.717) is 11.4 Å². The van der Waals surface area contributed by atoms with Gasteiger partial charge >= 0.3 is 5.97 Å². The molecule has 0 spiro atoms. The summed E-state index contributed by atoms with van der Waals surface area (Å²) in [6, 6.07) is 15.3. The minimum Gasteiger partial charge on any atom is -0.464 e. The number of aromatic nitrogens is 3. The van der Waals surface area contributed by atoms with Gasteiger partial charge in [-0.2, -0.15) is 0 Å². The number of hydrogen-bond acceptors (Lipinski definition) is 4. The number of fused-ring (bicyclic) bond motifs is 3. The van der Waals surface area contributed by atoms with E-state index in [2.05, 4.69) is 15.0 Å². The van der Waals surface area contributed by atoms with Crippen molar-refractivity contribution in [2.45, 2.75) is 0 Å². The smallest absolute Gasteiger partial charge is 0.356 e. The van der Waals surface area contributed by atoms with Crippen LogP contribution in [0, 0.1) is 0 Å². The van der Waals surface area contributed by atoms with E-state index in [9.17, 15) is 4.79 Å². The molecule has 0 aliphatic carbocycles. The first kappa shape index (κ1) is 13.5. The van der Waals surface area contributed by atoms with Gasteiger partial charge in [0, 0.05) is 22.5 Å². The maximum absolute atomic E-state index is 12.0. The van der Waals surface area contributed by atoms with Crippen molar-refractivity contribution in [1.82, 2.24) is 15.0 Å². The van der Waals surface area contributed by atoms with Gasteiger partial charge in [-0.05, 0) is 24.3 Å². The molecule has 0 radical (unpaired) electrons. The molecular formula is C18H13N3O2. The van der Waals surface area contributed by atoms with Gasteiger partial charge in [-0.25, -0.2) is 9.78 Å². The van der Waals surface area contributed by atoms with Gasteiger partial charge in [-0.1, -0.05) is 24.3 Å². The van der Waals surface area contributed by atoms with Gasteiger partial charge in [0.05, 0.1) is 18.3 Å². The van der Waals surface area contributed by atoms with Crippen molar-refractivity contribution in [3.8, 4) is 11.4 Å². The molecule has 0 bridgehead atoms. The van der Waals surface area contributed by atoms with Crippen molar-refractivity contribution in [2.75, 3.05) is 7.11 Å². The molecule has 0 aliphatic rings. The molecule has 5 nitrogen and oxygen atoms in total. The quantitative estimate of drug-likeness (QED) is 0.575. The zero-order valence-corrected chi connectivity index (χ0v) is 12.4. The second-order valence-electron chi connectivity index (χ2n) is 5.16. The van der Waals surface area contributed by atoms with E-state index >= 15 is 0 Å². The van der Waals surface area contributed by atoms with Crippen molar-refractivity contribution >= 4 is 27.8 Å². The van der Waals surface area contributed by atoms with E-state index in [1.807, 2.05) is 42.5 Å². The molecule has 0 saturated carbocycles. The maximum Gasteiger partial charge on any atom is 0.356 e. The third-order valence-corrected chi connectivity index (χ3v) is 3.80. The minimum absolute atomic E-state index is 0.269. The molecule has 0 amide bonds. The molecule has 112 valence electrons. The number of H-pyrrole nitrogens is 1. The van der Waals surface area contributed by atoms with Gasteiger partial charge in [-0.3, -0.25) is 4.98 Å². The Balaban J connectivity index is 2.12. The third kappa shape index (κ3) is 2.14. The number of nitrogens with zero attached hydrogens (tertiary/aromatic N) is 2. The summed E-state index contributed by atoms with van der Waals surface area (Å²) in [5.41, 5.74) is 3.46. The summed E-state index contributed by atoms with van der Waals surface area (Å²) in [4.78, 5) is 24.2. The molecule has 1 aromatic carbocycles. The average molecular weight is 303 g/mol. The molecule has 0 fully saturated rings. The average Bonchev–Trinajstić information content (AvgIpc) is 2.99. The zero-order chi connectivity index (χ0) is 15.8. The molecule has 23 heavy (non-hydrogen) atoms. The predicted molar refractivity (Wildman–Crippen MR) is 88.2 cm³/mol. The summed E-state index contributed by atoms with van der Waals surface area (Å²) in [7, 11) is 1.35. The second kappa shape index (κ2) is 5.21. The largest absolute Gasteiger partial charge is 0.464 e. The molecular weight excluding hydrogens is 290 g/mol. The Morgan fingerprint density at radius 2 is 1.91 bits per heavy atom. The number of ether oxygens (including phenoxy) is 1. The van der Waals surface area contributed by atoms with E-state index in [-0.39, 0.29) is 5.69 Å². The number of para-hydroxylation sites is 1. The lowest BCUT2D eigenvalue weighted by molar-refractivity contribution is 0.0594. The zero-order valence-electron chi connectivity index (χ0n) is 12.4. The van der Waals surface area contributed by atoms with E-state index < -0.39 is 5.97 Å². The van der Waals surface area contributed by atoms with Crippen LogP contribution in [0.3, 0.4) is 0 Å². The molecule has 0 saturated heterocycles. The monoisotopic (exact) mass is 303 g/mol. The number of rotatable bonds is 2. The topological polar surface area (TPSA) is 67.9 Å². The van der Waals surface area contributed by atoms with Crippen LogP contribution in [0.5, 0.6) is 0 Å². The van der Waals surface area contributed by atoms with Crippen LogP contribution < -0.4 is 0 Å². The lowest BCUT2D eigenvalue weighted by Gasteiger charge is -2.05. The van der Waals surface area contributed by atoms with Gasteiger partial charge in [0.25, 0.3) is 0 Å². The molecule has 0 aliphatic heterocycles. The van der Waals surface area contributed by atoms with E-state index in [1.165, 1.54) is 7.11 Å². The minimum atomic E-state index is -0.464. The lowest BCUT2D eigenvalue weighted by Crippen LogP contribution is -2.05. The molecule has 0 atom stereocenters. The first-order chi connectivity index (χ1) is 11.3. The van der Waals surface area contributed by atoms with Crippen LogP contribution in [-0.4, -0.2) is 28.0 Å². The Bertz CT molecular complexity index is 1020. The van der Waals surface area contributed by atoms with E-state index in [1.54, 1.807) is 12.3 Å². The third-order valence-electron chi connectivity index (χ3n) is 3.80. The molecule has 0 unspecified atom stereocenters. The molecule has 3 aromatic heterocycles. The Morgan fingerprint density at radius 1 is 1.09 bits per heavy atom. The molecule has 1 N–H and O–H groups in total. The maximum atomic E-state index is 12.0. The number of hydrogen-bond donors (Lipinski definition) is 1. The number of benzene rings is 1. The van der Waals surface area contributed by atoms with Crippen LogP contribution in [0.15, 0.2) is 54.7 Å². The van der Waals surface area contributed by atoms with Crippen LogP contribution in [-0.2, 0) is 4.74 Å². The summed E-state index contributed by atoms with van der Waals surface area (Å²) in [5, 5.41) is 1.96. The highest BCUT2D eigenvalue weighted by Crippen LogP contribution is 2.31. The first-order valence-corrected chi connectivity index (χ1v) is 7.19. The van der Waals surface area contributed by atoms with Crippen molar-refractivity contribution in [1.29, 1.82) is 0 Å². The number of carbonyl (C=O) groups is 1. The number of methoxy groups -OCH3 is 1. The van der Waals surface area contributed by atoms with Gasteiger partial charge in [0.15, 0.2) is 0 Å². The van der Waals surface area contributed by atoms with Gasteiger partial charge in [0.1, 0.15) is 11.4 Å². The summed E-state index contributed by atoms with van der Waals surface area (Å²) in [6.07, 6.45) is 1.70. The normalized spacial score (nSPS) is 11.0.